The number of benzene rings is 1. The molecule has 1 aromatic carbocycles. The highest BCUT2D eigenvalue weighted by Crippen LogP contribution is 2.20. The molecule has 2 rings (SSSR count). The second-order valence-electron chi connectivity index (χ2n) is 4.40. The predicted molar refractivity (Wildman–Crippen MR) is 76.0 cm³/mol. The molecule has 0 saturated heterocycles. The van der Waals surface area contributed by atoms with Crippen LogP contribution in [-0.4, -0.2) is 16.7 Å². The minimum Gasteiger partial charge on any atom is -0.337 e. The maximum absolute atomic E-state index is 8.47. The molecule has 0 fully saturated rings. The molecule has 0 aliphatic carbocycles. The van der Waals surface area contributed by atoms with E-state index < -0.39 is 0 Å². The van der Waals surface area contributed by atoms with E-state index in [1.54, 1.807) is 12.1 Å². The van der Waals surface area contributed by atoms with Crippen LogP contribution in [0.1, 0.15) is 31.7 Å². The molecular weight excluding hydrogens is 276 g/mol. The van der Waals surface area contributed by atoms with Crippen LogP contribution in [0.2, 0.25) is 5.02 Å². The summed E-state index contributed by atoms with van der Waals surface area (Å²) in [5, 5.41) is 16.3. The van der Waals surface area contributed by atoms with Crippen molar-refractivity contribution in [1.29, 1.82) is 5.26 Å². The van der Waals surface area contributed by atoms with Gasteiger partial charge in [0.2, 0.25) is 11.7 Å². The van der Waals surface area contributed by atoms with Crippen LogP contribution in [0.5, 0.6) is 0 Å². The molecule has 6 heteroatoms. The maximum atomic E-state index is 8.47. The molecule has 1 N–H and O–H groups in total. The molecule has 0 unspecified atom stereocenters. The lowest BCUT2D eigenvalue weighted by Crippen LogP contribution is -2.20. The molecule has 0 aliphatic rings. The third kappa shape index (κ3) is 3.80. The molecule has 20 heavy (non-hydrogen) atoms. The lowest BCUT2D eigenvalue weighted by atomic mass is 10.2. The van der Waals surface area contributed by atoms with Crippen molar-refractivity contribution in [2.45, 2.75) is 25.8 Å². The van der Waals surface area contributed by atoms with Crippen LogP contribution in [0.15, 0.2) is 28.8 Å². The highest BCUT2D eigenvalue weighted by Gasteiger charge is 2.14. The second-order valence-corrected chi connectivity index (χ2v) is 4.84. The van der Waals surface area contributed by atoms with E-state index in [4.69, 9.17) is 21.4 Å². The Bertz CT molecular complexity index is 588. The van der Waals surface area contributed by atoms with E-state index in [0.717, 1.165) is 18.5 Å². The smallest absolute Gasteiger partial charge is 0.243 e. The first-order valence-corrected chi connectivity index (χ1v) is 6.78. The molecule has 0 aliphatic heterocycles. The average Bonchev–Trinajstić information content (AvgIpc) is 2.94. The molecule has 5 nitrogen and oxygen atoms in total. The molecule has 1 heterocycles. The highest BCUT2D eigenvalue weighted by atomic mass is 35.5. The van der Waals surface area contributed by atoms with E-state index in [1.165, 1.54) is 0 Å². The molecule has 0 bridgehead atoms. The quantitative estimate of drug-likeness (QED) is 0.826. The first-order valence-electron chi connectivity index (χ1n) is 6.40. The molecule has 1 aromatic heterocycles. The van der Waals surface area contributed by atoms with Crippen molar-refractivity contribution in [2.75, 3.05) is 6.54 Å². The number of unbranched alkanes of at least 4 members (excludes halogenated alkanes) is 1. The van der Waals surface area contributed by atoms with Crippen molar-refractivity contribution in [1.82, 2.24) is 15.5 Å². The van der Waals surface area contributed by atoms with E-state index in [1.807, 2.05) is 19.1 Å². The molecule has 0 spiro atoms. The summed E-state index contributed by atoms with van der Waals surface area (Å²) in [6.07, 6.45) is 1.35. The Balaban J connectivity index is 1.98. The zero-order valence-corrected chi connectivity index (χ0v) is 11.9. The van der Waals surface area contributed by atoms with Gasteiger partial charge in [0.1, 0.15) is 0 Å². The molecule has 1 atom stereocenters. The van der Waals surface area contributed by atoms with E-state index in [2.05, 4.69) is 21.5 Å². The van der Waals surface area contributed by atoms with Gasteiger partial charge in [-0.3, -0.25) is 0 Å². The predicted octanol–water partition coefficient (Wildman–Crippen LogP) is 3.34. The number of halogens is 1. The van der Waals surface area contributed by atoms with Crippen molar-refractivity contribution in [3.8, 4) is 17.5 Å². The summed E-state index contributed by atoms with van der Waals surface area (Å²) >= 11 is 5.84. The van der Waals surface area contributed by atoms with Crippen LogP contribution in [0.4, 0.5) is 0 Å². The van der Waals surface area contributed by atoms with Gasteiger partial charge in [-0.2, -0.15) is 10.2 Å². The average molecular weight is 291 g/mol. The Morgan fingerprint density at radius 3 is 2.85 bits per heavy atom. The lowest BCUT2D eigenvalue weighted by Gasteiger charge is -2.07. The van der Waals surface area contributed by atoms with Gasteiger partial charge in [0.05, 0.1) is 12.1 Å². The topological polar surface area (TPSA) is 74.7 Å². The summed E-state index contributed by atoms with van der Waals surface area (Å²) in [6, 6.07) is 9.34. The van der Waals surface area contributed by atoms with Gasteiger partial charge in [-0.25, -0.2) is 0 Å². The summed E-state index contributed by atoms with van der Waals surface area (Å²) in [7, 11) is 0. The Morgan fingerprint density at radius 1 is 1.40 bits per heavy atom. The number of hydrogen-bond donors (Lipinski definition) is 1. The first kappa shape index (κ1) is 14.5. The van der Waals surface area contributed by atoms with Gasteiger partial charge in [0.15, 0.2) is 0 Å². The van der Waals surface area contributed by atoms with Gasteiger partial charge < -0.3 is 9.84 Å². The molecule has 2 aromatic rings. The number of nitrogens with one attached hydrogen (secondary N) is 1. The van der Waals surface area contributed by atoms with E-state index in [-0.39, 0.29) is 6.04 Å². The maximum Gasteiger partial charge on any atom is 0.243 e. The summed E-state index contributed by atoms with van der Waals surface area (Å²) in [6.45, 7) is 2.69. The minimum atomic E-state index is -0.0396. The van der Waals surface area contributed by atoms with Crippen LogP contribution in [0.3, 0.4) is 0 Å². The molecule has 0 radical (unpaired) electrons. The zero-order chi connectivity index (χ0) is 14.4. The Morgan fingerprint density at radius 2 is 2.15 bits per heavy atom. The minimum absolute atomic E-state index is 0.0396. The standard InChI is InChI=1S/C14H15ClN4O/c1-10(17-9-3-2-8-16)14-18-13(19-20-14)11-4-6-12(15)7-5-11/h4-7,10,17H,2-3,9H2,1H3/t10-/m0/s1. The number of hydrogen-bond acceptors (Lipinski definition) is 5. The monoisotopic (exact) mass is 290 g/mol. The van der Waals surface area contributed by atoms with Crippen molar-refractivity contribution in [2.24, 2.45) is 0 Å². The fraction of sp³-hybridized carbons (Fsp3) is 0.357. The van der Waals surface area contributed by atoms with Crippen LogP contribution >= 0.6 is 11.6 Å². The molecular formula is C14H15ClN4O. The summed E-state index contributed by atoms with van der Waals surface area (Å²) in [4.78, 5) is 4.36. The third-order valence-corrected chi connectivity index (χ3v) is 3.08. The Hall–Kier alpha value is -1.90. The molecule has 0 saturated carbocycles. The Kier molecular flexibility index (Phi) is 5.10. The number of nitrogens with zero attached hydrogens (tertiary/aromatic N) is 3. The van der Waals surface area contributed by atoms with E-state index in [9.17, 15) is 0 Å². The number of rotatable bonds is 6. The van der Waals surface area contributed by atoms with Crippen LogP contribution in [0.25, 0.3) is 11.4 Å². The zero-order valence-electron chi connectivity index (χ0n) is 11.1. The summed E-state index contributed by atoms with van der Waals surface area (Å²) < 4.78 is 5.25. The summed E-state index contributed by atoms with van der Waals surface area (Å²) in [5.41, 5.74) is 0.862. The van der Waals surface area contributed by atoms with E-state index >= 15 is 0 Å². The number of nitriles is 1. The Labute approximate surface area is 122 Å². The third-order valence-electron chi connectivity index (χ3n) is 2.83. The fourth-order valence-electron chi connectivity index (χ4n) is 1.70. The molecule has 0 amide bonds. The summed E-state index contributed by atoms with van der Waals surface area (Å²) in [5.74, 6) is 1.08. The highest BCUT2D eigenvalue weighted by molar-refractivity contribution is 6.30. The van der Waals surface area contributed by atoms with Gasteiger partial charge in [-0.1, -0.05) is 16.8 Å². The van der Waals surface area contributed by atoms with Crippen molar-refractivity contribution >= 4 is 11.6 Å². The second kappa shape index (κ2) is 7.04. The first-order chi connectivity index (χ1) is 9.70. The van der Waals surface area contributed by atoms with Crippen molar-refractivity contribution in [3.63, 3.8) is 0 Å². The van der Waals surface area contributed by atoms with Crippen molar-refractivity contribution < 1.29 is 4.52 Å². The van der Waals surface area contributed by atoms with Crippen molar-refractivity contribution in [3.05, 3.63) is 35.2 Å². The normalized spacial score (nSPS) is 12.1. The van der Waals surface area contributed by atoms with Gasteiger partial charge in [0, 0.05) is 17.0 Å². The van der Waals surface area contributed by atoms with Crippen LogP contribution in [-0.2, 0) is 0 Å². The molecule has 104 valence electrons. The lowest BCUT2D eigenvalue weighted by molar-refractivity contribution is 0.339. The van der Waals surface area contributed by atoms with Crippen LogP contribution < -0.4 is 5.32 Å². The SMILES string of the molecule is C[C@H](NCCCC#N)c1nc(-c2ccc(Cl)cc2)no1. The number of aromatic nitrogens is 2. The van der Waals surface area contributed by atoms with Gasteiger partial charge in [-0.15, -0.1) is 0 Å². The van der Waals surface area contributed by atoms with E-state index in [0.29, 0.717) is 23.2 Å². The van der Waals surface area contributed by atoms with Gasteiger partial charge in [0.25, 0.3) is 0 Å². The fourth-order valence-corrected chi connectivity index (χ4v) is 1.83. The largest absolute Gasteiger partial charge is 0.337 e. The van der Waals surface area contributed by atoms with Gasteiger partial charge >= 0.3 is 0 Å². The van der Waals surface area contributed by atoms with Crippen LogP contribution in [0, 0.1) is 11.3 Å². The van der Waals surface area contributed by atoms with Gasteiger partial charge in [-0.05, 0) is 44.2 Å².